The normalized spacial score (nSPS) is 11.9. The molecule has 0 aliphatic rings. The predicted octanol–water partition coefficient (Wildman–Crippen LogP) is 4.04. The summed E-state index contributed by atoms with van der Waals surface area (Å²) in [6, 6.07) is 4.18. The number of benzene rings is 1. The smallest absolute Gasteiger partial charge is 0.0744 e. The van der Waals surface area contributed by atoms with Crippen molar-refractivity contribution in [3.63, 3.8) is 0 Å². The zero-order chi connectivity index (χ0) is 10.1. The van der Waals surface area contributed by atoms with E-state index in [0.717, 1.165) is 22.3 Å². The van der Waals surface area contributed by atoms with Crippen LogP contribution in [0.4, 0.5) is 0 Å². The van der Waals surface area contributed by atoms with Crippen LogP contribution in [0, 0.1) is 0 Å². The van der Waals surface area contributed by atoms with E-state index in [1.54, 1.807) is 0 Å². The largest absolute Gasteiger partial charge is 0.237 e. The number of nitrogens with zero attached hydrogens (tertiary/aromatic N) is 2. The molecule has 5 heteroatoms. The van der Waals surface area contributed by atoms with E-state index < -0.39 is 0 Å². The van der Waals surface area contributed by atoms with Gasteiger partial charge in [-0.15, -0.1) is 0 Å². The number of hydrogen-bond donors (Lipinski definition) is 0. The molecule has 0 spiro atoms. The Morgan fingerprint density at radius 3 is 3.00 bits per heavy atom. The van der Waals surface area contributed by atoms with Crippen LogP contribution in [0.25, 0.3) is 10.9 Å². The van der Waals surface area contributed by atoms with Crippen molar-refractivity contribution < 1.29 is 0 Å². The summed E-state index contributed by atoms with van der Waals surface area (Å²) in [5, 5.41) is 6.20. The van der Waals surface area contributed by atoms with Gasteiger partial charge < -0.3 is 0 Å². The second kappa shape index (κ2) is 4.33. The van der Waals surface area contributed by atoms with Crippen LogP contribution in [0.3, 0.4) is 0 Å². The lowest BCUT2D eigenvalue weighted by Crippen LogP contribution is -1.85. The minimum atomic E-state index is 0.619. The number of rotatable bonds is 2. The van der Waals surface area contributed by atoms with Gasteiger partial charge in [0.25, 0.3) is 0 Å². The molecule has 0 bridgehead atoms. The standard InChI is InChI=1S/C9H9ClIN2P/c1-2-6-3-4-8-7(9(6)10)5-12-13(8)14-11/h3-5,14H,2H2,1H3. The van der Waals surface area contributed by atoms with Crippen molar-refractivity contribution in [3.05, 3.63) is 28.9 Å². The zero-order valence-electron chi connectivity index (χ0n) is 7.59. The zero-order valence-corrected chi connectivity index (χ0v) is 11.5. The van der Waals surface area contributed by atoms with Crippen LogP contribution in [0.1, 0.15) is 12.5 Å². The highest BCUT2D eigenvalue weighted by atomic mass is 127. The average Bonchev–Trinajstić information content (AvgIpc) is 2.62. The molecule has 74 valence electrons. The van der Waals surface area contributed by atoms with Gasteiger partial charge in [0.15, 0.2) is 0 Å². The van der Waals surface area contributed by atoms with Gasteiger partial charge in [0, 0.05) is 5.39 Å². The number of aryl methyl sites for hydroxylation is 1. The quantitative estimate of drug-likeness (QED) is 0.597. The van der Waals surface area contributed by atoms with E-state index in [9.17, 15) is 0 Å². The summed E-state index contributed by atoms with van der Waals surface area (Å²) in [7, 11) is 0. The molecule has 0 fully saturated rings. The van der Waals surface area contributed by atoms with Crippen LogP contribution in [0.15, 0.2) is 18.3 Å². The summed E-state index contributed by atoms with van der Waals surface area (Å²) in [6.45, 7) is 2.11. The lowest BCUT2D eigenvalue weighted by atomic mass is 10.1. The molecule has 1 heterocycles. The van der Waals surface area contributed by atoms with E-state index in [1.807, 2.05) is 10.6 Å². The van der Waals surface area contributed by atoms with Gasteiger partial charge in [-0.25, -0.2) is 4.45 Å². The van der Waals surface area contributed by atoms with Crippen molar-refractivity contribution in [2.24, 2.45) is 0 Å². The van der Waals surface area contributed by atoms with Gasteiger partial charge in [-0.3, -0.25) is 0 Å². The Balaban J connectivity index is 2.72. The van der Waals surface area contributed by atoms with Crippen LogP contribution in [-0.2, 0) is 6.42 Å². The summed E-state index contributed by atoms with van der Waals surface area (Å²) >= 11 is 8.57. The highest BCUT2D eigenvalue weighted by Crippen LogP contribution is 2.33. The van der Waals surface area contributed by atoms with Gasteiger partial charge in [0.2, 0.25) is 0 Å². The number of fused-ring (bicyclic) bond motifs is 1. The maximum atomic E-state index is 6.26. The van der Waals surface area contributed by atoms with Crippen molar-refractivity contribution in [2.45, 2.75) is 13.3 Å². The lowest BCUT2D eigenvalue weighted by Gasteiger charge is -2.02. The molecule has 0 saturated heterocycles. The van der Waals surface area contributed by atoms with E-state index in [-0.39, 0.29) is 0 Å². The highest BCUT2D eigenvalue weighted by molar-refractivity contribution is 14.2. The van der Waals surface area contributed by atoms with Gasteiger partial charge in [-0.05, 0) is 40.1 Å². The van der Waals surface area contributed by atoms with E-state index in [2.05, 4.69) is 46.2 Å². The molecule has 1 unspecified atom stereocenters. The molecule has 0 amide bonds. The van der Waals surface area contributed by atoms with Crippen LogP contribution >= 0.6 is 40.0 Å². The third-order valence-corrected chi connectivity index (χ3v) is 4.56. The summed E-state index contributed by atoms with van der Waals surface area (Å²) in [4.78, 5) is 0. The molecule has 0 N–H and O–H groups in total. The van der Waals surface area contributed by atoms with Gasteiger partial charge >= 0.3 is 0 Å². The third-order valence-electron chi connectivity index (χ3n) is 2.23. The van der Waals surface area contributed by atoms with E-state index in [1.165, 1.54) is 5.56 Å². The molecule has 1 aromatic heterocycles. The molecule has 1 atom stereocenters. The molecule has 2 nitrogen and oxygen atoms in total. The minimum absolute atomic E-state index is 0.619. The molecule has 2 rings (SSSR count). The Morgan fingerprint density at radius 1 is 1.57 bits per heavy atom. The topological polar surface area (TPSA) is 17.8 Å². The van der Waals surface area contributed by atoms with Gasteiger partial charge in [0.05, 0.1) is 23.1 Å². The minimum Gasteiger partial charge on any atom is -0.237 e. The van der Waals surface area contributed by atoms with Crippen molar-refractivity contribution >= 4 is 50.9 Å². The van der Waals surface area contributed by atoms with Crippen LogP contribution in [-0.4, -0.2) is 9.55 Å². The Morgan fingerprint density at radius 2 is 2.36 bits per heavy atom. The fourth-order valence-electron chi connectivity index (χ4n) is 1.45. The molecule has 14 heavy (non-hydrogen) atoms. The first kappa shape index (κ1) is 10.7. The first-order chi connectivity index (χ1) is 6.77. The van der Waals surface area contributed by atoms with Gasteiger partial charge in [-0.2, -0.15) is 5.10 Å². The maximum absolute atomic E-state index is 6.26. The number of halogens is 2. The predicted molar refractivity (Wildman–Crippen MR) is 71.9 cm³/mol. The molecule has 0 radical (unpaired) electrons. The van der Waals surface area contributed by atoms with Crippen LogP contribution in [0.2, 0.25) is 5.02 Å². The monoisotopic (exact) mass is 338 g/mol. The first-order valence-corrected chi connectivity index (χ1v) is 8.73. The summed E-state index contributed by atoms with van der Waals surface area (Å²) in [5.41, 5.74) is 2.32. The molecule has 0 aliphatic heterocycles. The highest BCUT2D eigenvalue weighted by Gasteiger charge is 2.08. The fraction of sp³-hybridized carbons (Fsp3) is 0.222. The van der Waals surface area contributed by atoms with Crippen LogP contribution < -0.4 is 0 Å². The Hall–Kier alpha value is 0.140. The average molecular weight is 339 g/mol. The fourth-order valence-corrected chi connectivity index (χ4v) is 3.34. The second-order valence-electron chi connectivity index (χ2n) is 2.97. The van der Waals surface area contributed by atoms with Crippen molar-refractivity contribution in [1.29, 1.82) is 0 Å². The second-order valence-corrected chi connectivity index (χ2v) is 5.38. The molecule has 1 aromatic carbocycles. The molecule has 0 aliphatic carbocycles. The van der Waals surface area contributed by atoms with Crippen LogP contribution in [0.5, 0.6) is 0 Å². The molecular formula is C9H9ClIN2P. The number of hydrogen-bond acceptors (Lipinski definition) is 1. The molecular weight excluding hydrogens is 329 g/mol. The van der Waals surface area contributed by atoms with Gasteiger partial charge in [0.1, 0.15) is 0 Å². The Kier molecular flexibility index (Phi) is 3.30. The molecule has 0 saturated carbocycles. The Bertz CT molecular complexity index is 469. The van der Waals surface area contributed by atoms with Crippen molar-refractivity contribution in [3.8, 4) is 0 Å². The molecule has 2 aromatic rings. The summed E-state index contributed by atoms with van der Waals surface area (Å²) < 4.78 is 1.97. The SMILES string of the molecule is CCc1ccc2c(cnn2PI)c1Cl. The van der Waals surface area contributed by atoms with E-state index in [0.29, 0.717) is 6.37 Å². The van der Waals surface area contributed by atoms with Gasteiger partial charge in [-0.1, -0.05) is 24.6 Å². The summed E-state index contributed by atoms with van der Waals surface area (Å²) in [5.74, 6) is 0. The van der Waals surface area contributed by atoms with E-state index >= 15 is 0 Å². The Labute approximate surface area is 102 Å². The maximum Gasteiger partial charge on any atom is 0.0744 e. The lowest BCUT2D eigenvalue weighted by molar-refractivity contribution is 1.04. The van der Waals surface area contributed by atoms with E-state index in [4.69, 9.17) is 11.6 Å². The van der Waals surface area contributed by atoms with Crippen molar-refractivity contribution in [2.75, 3.05) is 0 Å². The third kappa shape index (κ3) is 1.66. The number of aromatic nitrogens is 2. The summed E-state index contributed by atoms with van der Waals surface area (Å²) in [6.07, 6.45) is 3.43. The first-order valence-electron chi connectivity index (χ1n) is 4.29. The van der Waals surface area contributed by atoms with Crippen molar-refractivity contribution in [1.82, 2.24) is 9.55 Å².